The highest BCUT2D eigenvalue weighted by molar-refractivity contribution is 6.10. The number of aliphatic carboxylic acids is 1. The third-order valence-electron chi connectivity index (χ3n) is 4.45. The number of carboxylic acids is 1. The molecule has 1 amide bonds. The summed E-state index contributed by atoms with van der Waals surface area (Å²) in [5.41, 5.74) is 4.66. The van der Waals surface area contributed by atoms with Crippen molar-refractivity contribution in [3.63, 3.8) is 0 Å². The van der Waals surface area contributed by atoms with E-state index < -0.39 is 12.0 Å². The predicted molar refractivity (Wildman–Crippen MR) is 104 cm³/mol. The first-order valence-corrected chi connectivity index (χ1v) is 8.49. The van der Waals surface area contributed by atoms with E-state index >= 15 is 0 Å². The molecule has 0 aliphatic carbocycles. The Labute approximate surface area is 151 Å². The van der Waals surface area contributed by atoms with Crippen LogP contribution in [0.5, 0.6) is 0 Å². The molecule has 2 aromatic carbocycles. The fourth-order valence-corrected chi connectivity index (χ4v) is 3.15. The molecule has 6 heteroatoms. The Hall–Kier alpha value is -3.28. The van der Waals surface area contributed by atoms with E-state index in [0.717, 1.165) is 28.5 Å². The number of aromatic amines is 1. The third kappa shape index (κ3) is 3.13. The lowest BCUT2D eigenvalue weighted by Crippen LogP contribution is -2.25. The van der Waals surface area contributed by atoms with Gasteiger partial charge in [0.2, 0.25) is 6.41 Å². The number of hydrogen-bond acceptors (Lipinski definition) is 3. The van der Waals surface area contributed by atoms with E-state index in [-0.39, 0.29) is 0 Å². The first-order chi connectivity index (χ1) is 12.6. The number of benzene rings is 2. The maximum atomic E-state index is 11.3. The van der Waals surface area contributed by atoms with Gasteiger partial charge in [-0.2, -0.15) is 0 Å². The monoisotopic (exact) mass is 351 g/mol. The molecular formula is C20H21N3O3. The quantitative estimate of drug-likeness (QED) is 0.486. The van der Waals surface area contributed by atoms with Crippen LogP contribution in [0.1, 0.15) is 19.4 Å². The van der Waals surface area contributed by atoms with Crippen molar-refractivity contribution in [3.05, 3.63) is 48.0 Å². The SMILES string of the molecule is CCc1ccccc1-c1cccc2[nH]c(NC=O)c(N[C@H](C)C(=O)O)c12. The van der Waals surface area contributed by atoms with E-state index in [1.807, 2.05) is 30.3 Å². The van der Waals surface area contributed by atoms with Gasteiger partial charge in [0.25, 0.3) is 0 Å². The first-order valence-electron chi connectivity index (χ1n) is 8.49. The topological polar surface area (TPSA) is 94.2 Å². The number of aromatic nitrogens is 1. The van der Waals surface area contributed by atoms with E-state index in [1.165, 1.54) is 5.56 Å². The molecule has 0 aliphatic heterocycles. The Kier molecular flexibility index (Phi) is 4.93. The molecule has 6 nitrogen and oxygen atoms in total. The molecule has 3 aromatic rings. The van der Waals surface area contributed by atoms with Crippen LogP contribution >= 0.6 is 0 Å². The maximum absolute atomic E-state index is 11.3. The number of rotatable bonds is 7. The second-order valence-corrected chi connectivity index (χ2v) is 6.08. The van der Waals surface area contributed by atoms with Crippen molar-refractivity contribution in [2.75, 3.05) is 10.6 Å². The van der Waals surface area contributed by atoms with E-state index in [2.05, 4.69) is 34.7 Å². The normalized spacial score (nSPS) is 11.9. The fourth-order valence-electron chi connectivity index (χ4n) is 3.15. The molecule has 1 heterocycles. The van der Waals surface area contributed by atoms with Crippen molar-refractivity contribution in [1.29, 1.82) is 0 Å². The molecule has 3 rings (SSSR count). The molecule has 0 saturated carbocycles. The second-order valence-electron chi connectivity index (χ2n) is 6.08. The molecule has 0 saturated heterocycles. The number of anilines is 2. The van der Waals surface area contributed by atoms with Gasteiger partial charge in [-0.15, -0.1) is 0 Å². The summed E-state index contributed by atoms with van der Waals surface area (Å²) in [5, 5.41) is 15.8. The fraction of sp³-hybridized carbons (Fsp3) is 0.200. The van der Waals surface area contributed by atoms with E-state index in [9.17, 15) is 14.7 Å². The van der Waals surface area contributed by atoms with Crippen LogP contribution in [0.2, 0.25) is 0 Å². The van der Waals surface area contributed by atoms with Crippen LogP contribution in [0.15, 0.2) is 42.5 Å². The highest BCUT2D eigenvalue weighted by Gasteiger charge is 2.20. The summed E-state index contributed by atoms with van der Waals surface area (Å²) in [7, 11) is 0. The van der Waals surface area contributed by atoms with Crippen molar-refractivity contribution in [1.82, 2.24) is 4.98 Å². The Balaban J connectivity index is 2.27. The number of carbonyl (C=O) groups is 2. The van der Waals surface area contributed by atoms with Gasteiger partial charge in [-0.25, -0.2) is 0 Å². The predicted octanol–water partition coefficient (Wildman–Crippen LogP) is 3.85. The third-order valence-corrected chi connectivity index (χ3v) is 4.45. The van der Waals surface area contributed by atoms with Crippen LogP contribution in [0.4, 0.5) is 11.5 Å². The molecule has 0 radical (unpaired) electrons. The minimum atomic E-state index is -0.970. The van der Waals surface area contributed by atoms with Crippen molar-refractivity contribution in [2.45, 2.75) is 26.3 Å². The summed E-state index contributed by atoms with van der Waals surface area (Å²) in [6, 6.07) is 13.2. The molecule has 0 spiro atoms. The zero-order chi connectivity index (χ0) is 18.7. The van der Waals surface area contributed by atoms with Gasteiger partial charge in [0.15, 0.2) is 0 Å². The lowest BCUT2D eigenvalue weighted by molar-refractivity contribution is -0.137. The van der Waals surface area contributed by atoms with Crippen LogP contribution in [0.3, 0.4) is 0 Å². The number of H-pyrrole nitrogens is 1. The second kappa shape index (κ2) is 7.31. The average molecular weight is 351 g/mol. The molecule has 4 N–H and O–H groups in total. The maximum Gasteiger partial charge on any atom is 0.325 e. The van der Waals surface area contributed by atoms with Crippen molar-refractivity contribution >= 4 is 34.8 Å². The molecule has 134 valence electrons. The van der Waals surface area contributed by atoms with E-state index in [4.69, 9.17) is 0 Å². The Bertz CT molecular complexity index is 962. The Morgan fingerprint density at radius 1 is 1.19 bits per heavy atom. The summed E-state index contributed by atoms with van der Waals surface area (Å²) in [6.45, 7) is 3.66. The number of fused-ring (bicyclic) bond motifs is 1. The first kappa shape index (κ1) is 17.5. The van der Waals surface area contributed by atoms with Crippen LogP contribution < -0.4 is 10.6 Å². The molecule has 1 atom stereocenters. The molecule has 26 heavy (non-hydrogen) atoms. The zero-order valence-electron chi connectivity index (χ0n) is 14.7. The minimum absolute atomic E-state index is 0.449. The molecule has 1 aromatic heterocycles. The van der Waals surface area contributed by atoms with Gasteiger partial charge in [-0.3, -0.25) is 9.59 Å². The lowest BCUT2D eigenvalue weighted by Gasteiger charge is -2.14. The number of aryl methyl sites for hydroxylation is 1. The number of hydrogen-bond donors (Lipinski definition) is 4. The van der Waals surface area contributed by atoms with Crippen molar-refractivity contribution < 1.29 is 14.7 Å². The molecular weight excluding hydrogens is 330 g/mol. The highest BCUT2D eigenvalue weighted by atomic mass is 16.4. The van der Waals surface area contributed by atoms with Gasteiger partial charge in [0, 0.05) is 10.9 Å². The molecule has 0 fully saturated rings. The standard InChI is InChI=1S/C20H21N3O3/c1-3-13-7-4-5-8-14(13)15-9-6-10-16-17(15)18(19(23-16)21-11-24)22-12(2)20(25)26/h4-12,22-23H,3H2,1-2H3,(H,21,24)(H,25,26)/t12-/m1/s1. The Morgan fingerprint density at radius 2 is 1.92 bits per heavy atom. The van der Waals surface area contributed by atoms with Gasteiger partial charge >= 0.3 is 5.97 Å². The van der Waals surface area contributed by atoms with Gasteiger partial charge in [0.1, 0.15) is 11.9 Å². The smallest absolute Gasteiger partial charge is 0.325 e. The lowest BCUT2D eigenvalue weighted by atomic mass is 9.95. The van der Waals surface area contributed by atoms with Crippen LogP contribution in [0, 0.1) is 0 Å². The van der Waals surface area contributed by atoms with Gasteiger partial charge in [-0.1, -0.05) is 43.3 Å². The summed E-state index contributed by atoms with van der Waals surface area (Å²) >= 11 is 0. The van der Waals surface area contributed by atoms with Crippen LogP contribution in [-0.4, -0.2) is 28.5 Å². The molecule has 0 bridgehead atoms. The largest absolute Gasteiger partial charge is 0.480 e. The molecule has 0 aliphatic rings. The minimum Gasteiger partial charge on any atom is -0.480 e. The van der Waals surface area contributed by atoms with Crippen LogP contribution in [0.25, 0.3) is 22.0 Å². The number of carboxylic acid groups (broad SMARTS) is 1. The van der Waals surface area contributed by atoms with E-state index in [1.54, 1.807) is 6.92 Å². The number of carbonyl (C=O) groups excluding carboxylic acids is 1. The van der Waals surface area contributed by atoms with E-state index in [0.29, 0.717) is 17.9 Å². The summed E-state index contributed by atoms with van der Waals surface area (Å²) < 4.78 is 0. The van der Waals surface area contributed by atoms with Crippen molar-refractivity contribution in [2.24, 2.45) is 0 Å². The number of amides is 1. The summed E-state index contributed by atoms with van der Waals surface area (Å²) in [6.07, 6.45) is 1.45. The van der Waals surface area contributed by atoms with Gasteiger partial charge < -0.3 is 20.7 Å². The highest BCUT2D eigenvalue weighted by Crippen LogP contribution is 2.40. The van der Waals surface area contributed by atoms with Crippen LogP contribution in [-0.2, 0) is 16.0 Å². The van der Waals surface area contributed by atoms with Crippen molar-refractivity contribution in [3.8, 4) is 11.1 Å². The average Bonchev–Trinajstić information content (AvgIpc) is 2.99. The number of nitrogens with one attached hydrogen (secondary N) is 3. The van der Waals surface area contributed by atoms with Gasteiger partial charge in [-0.05, 0) is 36.1 Å². The van der Waals surface area contributed by atoms with Gasteiger partial charge in [0.05, 0.1) is 5.69 Å². The molecule has 0 unspecified atom stereocenters. The summed E-state index contributed by atoms with van der Waals surface area (Å²) in [5.74, 6) is -0.521. The summed E-state index contributed by atoms with van der Waals surface area (Å²) in [4.78, 5) is 25.5. The zero-order valence-corrected chi connectivity index (χ0v) is 14.7. The Morgan fingerprint density at radius 3 is 2.62 bits per heavy atom.